The molecule has 1 amide bonds. The van der Waals surface area contributed by atoms with Gasteiger partial charge in [-0.2, -0.15) is 5.10 Å². The third-order valence-corrected chi connectivity index (χ3v) is 4.17. The fraction of sp³-hybridized carbons (Fsp3) is 0.308. The number of rotatable bonds is 3. The Bertz CT molecular complexity index is 614. The minimum Gasteiger partial charge on any atom is -0.332 e. The molecule has 0 saturated heterocycles. The summed E-state index contributed by atoms with van der Waals surface area (Å²) in [6, 6.07) is 4.19. The Morgan fingerprint density at radius 3 is 3.00 bits per heavy atom. The lowest BCUT2D eigenvalue weighted by Gasteiger charge is -2.18. The van der Waals surface area contributed by atoms with Crippen molar-refractivity contribution < 1.29 is 4.79 Å². The van der Waals surface area contributed by atoms with Gasteiger partial charge in [0.1, 0.15) is 0 Å². The number of imidazole rings is 1. The van der Waals surface area contributed by atoms with Crippen LogP contribution < -0.4 is 0 Å². The Balaban J connectivity index is 1.78. The zero-order valence-corrected chi connectivity index (χ0v) is 11.4. The summed E-state index contributed by atoms with van der Waals surface area (Å²) >= 11 is 1.72. The first-order chi connectivity index (χ1) is 9.22. The molecule has 5 nitrogen and oxygen atoms in total. The van der Waals surface area contributed by atoms with Gasteiger partial charge in [-0.05, 0) is 12.1 Å². The lowest BCUT2D eigenvalue weighted by molar-refractivity contribution is -0.130. The van der Waals surface area contributed by atoms with Crippen LogP contribution >= 0.6 is 11.3 Å². The van der Waals surface area contributed by atoms with Gasteiger partial charge in [0.2, 0.25) is 5.91 Å². The summed E-state index contributed by atoms with van der Waals surface area (Å²) in [5.41, 5.74) is 1.00. The van der Waals surface area contributed by atoms with Crippen molar-refractivity contribution in [3.63, 3.8) is 0 Å². The van der Waals surface area contributed by atoms with E-state index in [0.29, 0.717) is 6.42 Å². The van der Waals surface area contributed by atoms with Crippen LogP contribution in [0.2, 0.25) is 0 Å². The normalized spacial score (nSPS) is 15.7. The van der Waals surface area contributed by atoms with Crippen LogP contribution in [0.5, 0.6) is 0 Å². The molecular formula is C13H14N4OS. The number of amides is 1. The second kappa shape index (κ2) is 4.97. The van der Waals surface area contributed by atoms with Crippen LogP contribution in [0, 0.1) is 0 Å². The third kappa shape index (κ3) is 2.58. The molecule has 0 unspecified atom stereocenters. The highest BCUT2D eigenvalue weighted by Gasteiger charge is 2.19. The van der Waals surface area contributed by atoms with Gasteiger partial charge in [0, 0.05) is 37.2 Å². The van der Waals surface area contributed by atoms with E-state index < -0.39 is 0 Å². The van der Waals surface area contributed by atoms with Crippen LogP contribution in [0.25, 0.3) is 0 Å². The van der Waals surface area contributed by atoms with E-state index in [1.54, 1.807) is 24.6 Å². The number of carbonyl (C=O) groups is 1. The van der Waals surface area contributed by atoms with Crippen LogP contribution in [0.4, 0.5) is 0 Å². The largest absolute Gasteiger partial charge is 0.332 e. The van der Waals surface area contributed by atoms with Gasteiger partial charge in [-0.3, -0.25) is 4.79 Å². The Morgan fingerprint density at radius 2 is 2.26 bits per heavy atom. The van der Waals surface area contributed by atoms with Crippen LogP contribution in [-0.2, 0) is 11.3 Å². The molecule has 2 aromatic rings. The van der Waals surface area contributed by atoms with Crippen molar-refractivity contribution in [1.82, 2.24) is 14.6 Å². The zero-order valence-electron chi connectivity index (χ0n) is 10.6. The average Bonchev–Trinajstić information content (AvgIpc) is 3.05. The Kier molecular flexibility index (Phi) is 3.16. The first-order valence-electron chi connectivity index (χ1n) is 6.11. The van der Waals surface area contributed by atoms with E-state index in [0.717, 1.165) is 23.6 Å². The highest BCUT2D eigenvalue weighted by molar-refractivity contribution is 7.14. The molecule has 0 saturated carbocycles. The van der Waals surface area contributed by atoms with Crippen LogP contribution in [0.15, 0.2) is 36.0 Å². The fourth-order valence-corrected chi connectivity index (χ4v) is 3.05. The summed E-state index contributed by atoms with van der Waals surface area (Å²) < 4.78 is 2.04. The average molecular weight is 274 g/mol. The minimum atomic E-state index is 0.0824. The summed E-state index contributed by atoms with van der Waals surface area (Å²) in [7, 11) is 1.71. The maximum Gasteiger partial charge on any atom is 0.242 e. The molecule has 2 aromatic heterocycles. The first kappa shape index (κ1) is 12.1. The molecule has 0 bridgehead atoms. The predicted octanol–water partition coefficient (Wildman–Crippen LogP) is 1.95. The summed E-state index contributed by atoms with van der Waals surface area (Å²) in [6.45, 7) is 0.826. The smallest absolute Gasteiger partial charge is 0.242 e. The molecule has 6 heteroatoms. The van der Waals surface area contributed by atoms with E-state index in [1.807, 2.05) is 17.1 Å². The quantitative estimate of drug-likeness (QED) is 0.859. The van der Waals surface area contributed by atoms with Crippen molar-refractivity contribution in [2.75, 3.05) is 7.05 Å². The molecule has 1 aliphatic rings. The number of hydrazone groups is 1. The van der Waals surface area contributed by atoms with Crippen molar-refractivity contribution >= 4 is 23.0 Å². The number of hydrogen-bond donors (Lipinski definition) is 0. The van der Waals surface area contributed by atoms with E-state index in [-0.39, 0.29) is 5.91 Å². The highest BCUT2D eigenvalue weighted by atomic mass is 32.1. The molecule has 3 rings (SSSR count). The first-order valence-corrected chi connectivity index (χ1v) is 6.93. The van der Waals surface area contributed by atoms with Crippen LogP contribution in [0.1, 0.15) is 22.6 Å². The van der Waals surface area contributed by atoms with Crippen molar-refractivity contribution in [3.8, 4) is 0 Å². The summed E-state index contributed by atoms with van der Waals surface area (Å²) in [6.07, 6.45) is 6.81. The lowest BCUT2D eigenvalue weighted by atomic mass is 10.1. The SMILES string of the molecule is CN1N=C(c2ccc(Cn3ccnc3)s2)CCC1=O. The Morgan fingerprint density at radius 1 is 1.37 bits per heavy atom. The van der Waals surface area contributed by atoms with Crippen LogP contribution in [0.3, 0.4) is 0 Å². The molecule has 0 N–H and O–H groups in total. The van der Waals surface area contributed by atoms with Crippen molar-refractivity contribution in [2.45, 2.75) is 19.4 Å². The number of aromatic nitrogens is 2. The van der Waals surface area contributed by atoms with Gasteiger partial charge in [0.05, 0.1) is 23.5 Å². The monoisotopic (exact) mass is 274 g/mol. The Labute approximate surface area is 115 Å². The third-order valence-electron chi connectivity index (χ3n) is 3.05. The minimum absolute atomic E-state index is 0.0824. The molecule has 3 heterocycles. The number of hydrogen-bond acceptors (Lipinski definition) is 4. The lowest BCUT2D eigenvalue weighted by Crippen LogP contribution is -2.28. The molecule has 0 aliphatic carbocycles. The second-order valence-corrected chi connectivity index (χ2v) is 5.63. The summed E-state index contributed by atoms with van der Waals surface area (Å²) in [5.74, 6) is 0.0824. The number of thiophene rings is 1. The van der Waals surface area contributed by atoms with E-state index in [4.69, 9.17) is 0 Å². The molecule has 0 atom stereocenters. The Hall–Kier alpha value is -1.95. The molecule has 0 fully saturated rings. The van der Waals surface area contributed by atoms with Crippen molar-refractivity contribution in [2.24, 2.45) is 5.10 Å². The summed E-state index contributed by atoms with van der Waals surface area (Å²) in [5, 5.41) is 5.77. The number of nitrogens with zero attached hydrogens (tertiary/aromatic N) is 4. The molecule has 98 valence electrons. The maximum atomic E-state index is 11.4. The van der Waals surface area contributed by atoms with Crippen LogP contribution in [-0.4, -0.2) is 33.2 Å². The topological polar surface area (TPSA) is 50.5 Å². The molecule has 1 aliphatic heterocycles. The molecule has 0 radical (unpaired) electrons. The van der Waals surface area contributed by atoms with E-state index >= 15 is 0 Å². The fourth-order valence-electron chi connectivity index (χ4n) is 2.02. The highest BCUT2D eigenvalue weighted by Crippen LogP contribution is 2.22. The molecule has 0 spiro atoms. The van der Waals surface area contributed by atoms with Gasteiger partial charge >= 0.3 is 0 Å². The predicted molar refractivity (Wildman–Crippen MR) is 74.2 cm³/mol. The van der Waals surface area contributed by atoms with Gasteiger partial charge in [-0.1, -0.05) is 0 Å². The van der Waals surface area contributed by atoms with E-state index in [1.165, 1.54) is 9.89 Å². The molecular weight excluding hydrogens is 260 g/mol. The van der Waals surface area contributed by atoms with Gasteiger partial charge in [0.15, 0.2) is 0 Å². The second-order valence-electron chi connectivity index (χ2n) is 4.47. The molecule has 19 heavy (non-hydrogen) atoms. The maximum absolute atomic E-state index is 11.4. The van der Waals surface area contributed by atoms with Crippen molar-refractivity contribution in [3.05, 3.63) is 40.6 Å². The van der Waals surface area contributed by atoms with E-state index in [2.05, 4.69) is 22.2 Å². The van der Waals surface area contributed by atoms with Crippen molar-refractivity contribution in [1.29, 1.82) is 0 Å². The van der Waals surface area contributed by atoms with Gasteiger partial charge in [-0.15, -0.1) is 11.3 Å². The zero-order chi connectivity index (χ0) is 13.2. The van der Waals surface area contributed by atoms with Gasteiger partial charge in [0.25, 0.3) is 0 Å². The standard InChI is InChI=1S/C13H14N4OS/c1-16-13(18)5-3-11(15-16)12-4-2-10(19-12)8-17-7-6-14-9-17/h2,4,6-7,9H,3,5,8H2,1H3. The van der Waals surface area contributed by atoms with E-state index in [9.17, 15) is 4.79 Å². The van der Waals surface area contributed by atoms with Gasteiger partial charge < -0.3 is 4.57 Å². The molecule has 0 aromatic carbocycles. The summed E-state index contributed by atoms with van der Waals surface area (Å²) in [4.78, 5) is 17.8. The number of carbonyl (C=O) groups excluding carboxylic acids is 1. The van der Waals surface area contributed by atoms with Gasteiger partial charge in [-0.25, -0.2) is 9.99 Å².